The molecule has 0 saturated heterocycles. The molecule has 108 valence electrons. The number of aliphatic carboxylic acids is 1. The van der Waals surface area contributed by atoms with Gasteiger partial charge in [-0.3, -0.25) is 9.48 Å². The molecule has 0 spiro atoms. The normalized spacial score (nSPS) is 14.6. The van der Waals surface area contributed by atoms with Gasteiger partial charge in [0.25, 0.3) is 0 Å². The summed E-state index contributed by atoms with van der Waals surface area (Å²) in [5, 5.41) is 13.7. The van der Waals surface area contributed by atoms with E-state index < -0.39 is 11.4 Å². The number of nitrogens with zero attached hydrogens (tertiary/aromatic N) is 3. The SMILES string of the molecule is CCCn1ncnc1CC(CN)(CC(C)C)C(=O)O. The Hall–Kier alpha value is -1.43. The van der Waals surface area contributed by atoms with E-state index in [9.17, 15) is 9.90 Å². The second kappa shape index (κ2) is 6.65. The van der Waals surface area contributed by atoms with Crippen LogP contribution in [-0.4, -0.2) is 32.4 Å². The van der Waals surface area contributed by atoms with Crippen LogP contribution >= 0.6 is 0 Å². The Labute approximate surface area is 114 Å². The smallest absolute Gasteiger partial charge is 0.311 e. The van der Waals surface area contributed by atoms with Crippen LogP contribution in [0.3, 0.4) is 0 Å². The molecule has 0 fully saturated rings. The molecule has 1 rings (SSSR count). The number of hydrogen-bond donors (Lipinski definition) is 2. The first kappa shape index (κ1) is 15.6. The lowest BCUT2D eigenvalue weighted by molar-refractivity contribution is -0.149. The average molecular weight is 268 g/mol. The van der Waals surface area contributed by atoms with Crippen LogP contribution in [0.5, 0.6) is 0 Å². The van der Waals surface area contributed by atoms with Gasteiger partial charge in [-0.1, -0.05) is 20.8 Å². The fourth-order valence-corrected chi connectivity index (χ4v) is 2.39. The van der Waals surface area contributed by atoms with Crippen molar-refractivity contribution in [2.75, 3.05) is 6.54 Å². The molecule has 0 aromatic carbocycles. The zero-order valence-electron chi connectivity index (χ0n) is 12.0. The number of carboxylic acid groups (broad SMARTS) is 1. The lowest BCUT2D eigenvalue weighted by Crippen LogP contribution is -2.42. The number of aryl methyl sites for hydroxylation is 1. The second-order valence-electron chi connectivity index (χ2n) is 5.46. The van der Waals surface area contributed by atoms with Crippen LogP contribution in [0.4, 0.5) is 0 Å². The Morgan fingerprint density at radius 3 is 2.74 bits per heavy atom. The lowest BCUT2D eigenvalue weighted by Gasteiger charge is -2.29. The maximum absolute atomic E-state index is 11.6. The summed E-state index contributed by atoms with van der Waals surface area (Å²) in [6, 6.07) is 0. The molecule has 0 bridgehead atoms. The van der Waals surface area contributed by atoms with Gasteiger partial charge in [-0.25, -0.2) is 4.98 Å². The third-order valence-corrected chi connectivity index (χ3v) is 3.27. The minimum absolute atomic E-state index is 0.111. The van der Waals surface area contributed by atoms with E-state index in [1.54, 1.807) is 4.68 Å². The first-order chi connectivity index (χ1) is 8.95. The number of aromatic nitrogens is 3. The van der Waals surface area contributed by atoms with E-state index in [1.807, 2.05) is 20.8 Å². The van der Waals surface area contributed by atoms with Gasteiger partial charge in [0, 0.05) is 19.5 Å². The molecule has 6 heteroatoms. The maximum atomic E-state index is 11.6. The van der Waals surface area contributed by atoms with Gasteiger partial charge in [0.2, 0.25) is 0 Å². The highest BCUT2D eigenvalue weighted by molar-refractivity contribution is 5.75. The molecule has 1 aromatic heterocycles. The van der Waals surface area contributed by atoms with Crippen LogP contribution in [0.25, 0.3) is 0 Å². The van der Waals surface area contributed by atoms with Crippen LogP contribution in [0.15, 0.2) is 6.33 Å². The molecule has 6 nitrogen and oxygen atoms in total. The Kier molecular flexibility index (Phi) is 5.47. The summed E-state index contributed by atoms with van der Waals surface area (Å²) in [4.78, 5) is 15.8. The van der Waals surface area contributed by atoms with Crippen molar-refractivity contribution >= 4 is 5.97 Å². The zero-order valence-corrected chi connectivity index (χ0v) is 12.0. The number of nitrogens with two attached hydrogens (primary N) is 1. The first-order valence-corrected chi connectivity index (χ1v) is 6.75. The first-order valence-electron chi connectivity index (χ1n) is 6.75. The minimum atomic E-state index is -0.952. The molecule has 19 heavy (non-hydrogen) atoms. The molecule has 0 radical (unpaired) electrons. The standard InChI is InChI=1S/C13H24N4O2/c1-4-5-17-11(15-9-16-17)7-13(8-14,12(18)19)6-10(2)3/h9-10H,4-8,14H2,1-3H3,(H,18,19). The van der Waals surface area contributed by atoms with Crippen LogP contribution in [0, 0.1) is 11.3 Å². The Morgan fingerprint density at radius 1 is 1.58 bits per heavy atom. The number of rotatable bonds is 8. The van der Waals surface area contributed by atoms with Crippen molar-refractivity contribution in [3.63, 3.8) is 0 Å². The van der Waals surface area contributed by atoms with Crippen molar-refractivity contribution < 1.29 is 9.90 Å². The van der Waals surface area contributed by atoms with Gasteiger partial charge in [-0.15, -0.1) is 0 Å². The summed E-state index contributed by atoms with van der Waals surface area (Å²) in [5.41, 5.74) is 4.81. The van der Waals surface area contributed by atoms with Gasteiger partial charge in [-0.05, 0) is 18.8 Å². The van der Waals surface area contributed by atoms with Crippen LogP contribution in [0.2, 0.25) is 0 Å². The summed E-state index contributed by atoms with van der Waals surface area (Å²) in [6.45, 7) is 6.91. The maximum Gasteiger partial charge on any atom is 0.311 e. The number of hydrogen-bond acceptors (Lipinski definition) is 4. The number of carboxylic acids is 1. The fourth-order valence-electron chi connectivity index (χ4n) is 2.39. The van der Waals surface area contributed by atoms with Crippen LogP contribution < -0.4 is 5.73 Å². The molecule has 1 heterocycles. The van der Waals surface area contributed by atoms with Gasteiger partial charge in [0.15, 0.2) is 0 Å². The Morgan fingerprint density at radius 2 is 2.26 bits per heavy atom. The van der Waals surface area contributed by atoms with Crippen molar-refractivity contribution in [2.24, 2.45) is 17.1 Å². The quantitative estimate of drug-likeness (QED) is 0.741. The molecule has 1 unspecified atom stereocenters. The predicted octanol–water partition coefficient (Wildman–Crippen LogP) is 1.31. The molecule has 3 N–H and O–H groups in total. The van der Waals surface area contributed by atoms with Gasteiger partial charge < -0.3 is 10.8 Å². The number of carbonyl (C=O) groups is 1. The Balaban J connectivity index is 2.99. The Bertz CT molecular complexity index is 417. The molecule has 0 aliphatic carbocycles. The molecule has 1 aromatic rings. The van der Waals surface area contributed by atoms with Crippen LogP contribution in [-0.2, 0) is 17.8 Å². The summed E-state index contributed by atoms with van der Waals surface area (Å²) < 4.78 is 1.77. The van der Waals surface area contributed by atoms with E-state index in [-0.39, 0.29) is 12.5 Å². The summed E-state index contributed by atoms with van der Waals surface area (Å²) >= 11 is 0. The van der Waals surface area contributed by atoms with Crippen molar-refractivity contribution in [1.82, 2.24) is 14.8 Å². The third-order valence-electron chi connectivity index (χ3n) is 3.27. The van der Waals surface area contributed by atoms with Crippen molar-refractivity contribution in [1.29, 1.82) is 0 Å². The highest BCUT2D eigenvalue weighted by Crippen LogP contribution is 2.29. The molecule has 0 aliphatic rings. The van der Waals surface area contributed by atoms with E-state index in [2.05, 4.69) is 10.1 Å². The average Bonchev–Trinajstić information content (AvgIpc) is 2.75. The molecule has 0 aliphatic heterocycles. The van der Waals surface area contributed by atoms with E-state index in [0.29, 0.717) is 18.7 Å². The summed E-state index contributed by atoms with van der Waals surface area (Å²) in [6.07, 6.45) is 3.28. The topological polar surface area (TPSA) is 94.0 Å². The van der Waals surface area contributed by atoms with E-state index in [0.717, 1.165) is 13.0 Å². The highest BCUT2D eigenvalue weighted by atomic mass is 16.4. The van der Waals surface area contributed by atoms with Crippen molar-refractivity contribution in [2.45, 2.75) is 46.6 Å². The highest BCUT2D eigenvalue weighted by Gasteiger charge is 2.39. The minimum Gasteiger partial charge on any atom is -0.481 e. The molecule has 0 amide bonds. The van der Waals surface area contributed by atoms with Gasteiger partial charge in [0.05, 0.1) is 5.41 Å². The summed E-state index contributed by atoms with van der Waals surface area (Å²) in [7, 11) is 0. The molecular formula is C13H24N4O2. The van der Waals surface area contributed by atoms with Crippen LogP contribution in [0.1, 0.15) is 39.4 Å². The van der Waals surface area contributed by atoms with Gasteiger partial charge in [-0.2, -0.15) is 5.10 Å². The fraction of sp³-hybridized carbons (Fsp3) is 0.769. The summed E-state index contributed by atoms with van der Waals surface area (Å²) in [5.74, 6) is 0.118. The lowest BCUT2D eigenvalue weighted by atomic mass is 9.77. The second-order valence-corrected chi connectivity index (χ2v) is 5.46. The van der Waals surface area contributed by atoms with E-state index in [1.165, 1.54) is 6.33 Å². The molecular weight excluding hydrogens is 244 g/mol. The van der Waals surface area contributed by atoms with Crippen molar-refractivity contribution in [3.05, 3.63) is 12.2 Å². The van der Waals surface area contributed by atoms with E-state index in [4.69, 9.17) is 5.73 Å². The monoisotopic (exact) mass is 268 g/mol. The van der Waals surface area contributed by atoms with Gasteiger partial charge >= 0.3 is 5.97 Å². The van der Waals surface area contributed by atoms with Crippen molar-refractivity contribution in [3.8, 4) is 0 Å². The molecule has 0 saturated carbocycles. The van der Waals surface area contributed by atoms with E-state index >= 15 is 0 Å². The third kappa shape index (κ3) is 3.76. The zero-order chi connectivity index (χ0) is 14.5. The predicted molar refractivity (Wildman–Crippen MR) is 72.6 cm³/mol. The molecule has 1 atom stereocenters. The van der Waals surface area contributed by atoms with Gasteiger partial charge in [0.1, 0.15) is 12.2 Å². The largest absolute Gasteiger partial charge is 0.481 e.